The van der Waals surface area contributed by atoms with Crippen molar-refractivity contribution in [3.05, 3.63) is 0 Å². The van der Waals surface area contributed by atoms with Crippen LogP contribution in [0.1, 0.15) is 40.5 Å². The van der Waals surface area contributed by atoms with Crippen molar-refractivity contribution in [3.63, 3.8) is 0 Å². The van der Waals surface area contributed by atoms with Crippen LogP contribution in [-0.4, -0.2) is 25.4 Å². The van der Waals surface area contributed by atoms with Crippen LogP contribution in [-0.2, 0) is 9.47 Å². The maximum Gasteiger partial charge on any atom is 0.117 e. The van der Waals surface area contributed by atoms with Gasteiger partial charge in [-0.1, -0.05) is 34.1 Å². The molecule has 0 bridgehead atoms. The van der Waals surface area contributed by atoms with Crippen LogP contribution in [0.25, 0.3) is 0 Å². The highest BCUT2D eigenvalue weighted by atomic mass is 16.6. The second-order valence-corrected chi connectivity index (χ2v) is 4.86. The second kappa shape index (κ2) is 5.13. The molecule has 1 heterocycles. The van der Waals surface area contributed by atoms with Gasteiger partial charge in [-0.25, -0.2) is 0 Å². The van der Waals surface area contributed by atoms with Crippen molar-refractivity contribution in [2.45, 2.75) is 46.1 Å². The standard InChI is InChI=1S/C12H24O2/c1-5-11(4)6-7-14-12(10(2)3)8-13-9-12/h10-11H,5-9H2,1-4H3. The van der Waals surface area contributed by atoms with Gasteiger partial charge in [-0.2, -0.15) is 0 Å². The zero-order valence-electron chi connectivity index (χ0n) is 10.0. The zero-order valence-corrected chi connectivity index (χ0v) is 10.0. The maximum atomic E-state index is 5.97. The average Bonchev–Trinajstić information content (AvgIpc) is 2.08. The molecule has 0 N–H and O–H groups in total. The lowest BCUT2D eigenvalue weighted by Gasteiger charge is -2.44. The predicted molar refractivity (Wildman–Crippen MR) is 58.4 cm³/mol. The molecule has 84 valence electrons. The van der Waals surface area contributed by atoms with Crippen LogP contribution in [0.15, 0.2) is 0 Å². The third-order valence-electron chi connectivity index (χ3n) is 3.44. The summed E-state index contributed by atoms with van der Waals surface area (Å²) in [5.41, 5.74) is 0.0352. The Morgan fingerprint density at radius 2 is 1.93 bits per heavy atom. The molecular weight excluding hydrogens is 176 g/mol. The summed E-state index contributed by atoms with van der Waals surface area (Å²) in [6, 6.07) is 0. The largest absolute Gasteiger partial charge is 0.375 e. The van der Waals surface area contributed by atoms with Crippen molar-refractivity contribution in [2.24, 2.45) is 11.8 Å². The number of ether oxygens (including phenoxy) is 2. The molecule has 0 aromatic rings. The fourth-order valence-corrected chi connectivity index (χ4v) is 1.55. The van der Waals surface area contributed by atoms with Crippen molar-refractivity contribution >= 4 is 0 Å². The number of rotatable bonds is 6. The van der Waals surface area contributed by atoms with Crippen LogP contribution in [0, 0.1) is 11.8 Å². The Labute approximate surface area is 88.0 Å². The van der Waals surface area contributed by atoms with Gasteiger partial charge in [-0.3, -0.25) is 0 Å². The van der Waals surface area contributed by atoms with Gasteiger partial charge < -0.3 is 9.47 Å². The maximum absolute atomic E-state index is 5.97. The van der Waals surface area contributed by atoms with E-state index in [2.05, 4.69) is 27.7 Å². The van der Waals surface area contributed by atoms with Crippen LogP contribution >= 0.6 is 0 Å². The van der Waals surface area contributed by atoms with Gasteiger partial charge >= 0.3 is 0 Å². The molecule has 14 heavy (non-hydrogen) atoms. The van der Waals surface area contributed by atoms with Gasteiger partial charge in [0.05, 0.1) is 13.2 Å². The lowest BCUT2D eigenvalue weighted by atomic mass is 9.88. The van der Waals surface area contributed by atoms with E-state index in [1.165, 1.54) is 12.8 Å². The second-order valence-electron chi connectivity index (χ2n) is 4.86. The van der Waals surface area contributed by atoms with Gasteiger partial charge in [0.1, 0.15) is 5.60 Å². The van der Waals surface area contributed by atoms with E-state index >= 15 is 0 Å². The number of hydrogen-bond donors (Lipinski definition) is 0. The molecule has 0 radical (unpaired) electrons. The van der Waals surface area contributed by atoms with Crippen molar-refractivity contribution in [2.75, 3.05) is 19.8 Å². The molecule has 0 amide bonds. The van der Waals surface area contributed by atoms with Gasteiger partial charge in [-0.15, -0.1) is 0 Å². The summed E-state index contributed by atoms with van der Waals surface area (Å²) in [7, 11) is 0. The number of hydrogen-bond acceptors (Lipinski definition) is 2. The third-order valence-corrected chi connectivity index (χ3v) is 3.44. The first-order valence-corrected chi connectivity index (χ1v) is 5.82. The molecule has 0 spiro atoms. The summed E-state index contributed by atoms with van der Waals surface area (Å²) in [4.78, 5) is 0. The van der Waals surface area contributed by atoms with Crippen LogP contribution < -0.4 is 0 Å². The molecule has 1 atom stereocenters. The molecule has 1 aliphatic heterocycles. The monoisotopic (exact) mass is 200 g/mol. The molecule has 2 heteroatoms. The van der Waals surface area contributed by atoms with E-state index in [-0.39, 0.29) is 5.60 Å². The van der Waals surface area contributed by atoms with Gasteiger partial charge in [0, 0.05) is 6.61 Å². The minimum absolute atomic E-state index is 0.0352. The molecule has 0 saturated carbocycles. The molecule has 1 fully saturated rings. The predicted octanol–water partition coefficient (Wildman–Crippen LogP) is 2.86. The first-order chi connectivity index (χ1) is 6.60. The van der Waals surface area contributed by atoms with Crippen molar-refractivity contribution in [3.8, 4) is 0 Å². The first kappa shape index (κ1) is 12.0. The summed E-state index contributed by atoms with van der Waals surface area (Å²) in [5.74, 6) is 1.34. The van der Waals surface area contributed by atoms with Gasteiger partial charge in [0.2, 0.25) is 0 Å². The van der Waals surface area contributed by atoms with Crippen molar-refractivity contribution < 1.29 is 9.47 Å². The van der Waals surface area contributed by atoms with E-state index in [0.29, 0.717) is 5.92 Å². The molecule has 1 rings (SSSR count). The molecule has 2 nitrogen and oxygen atoms in total. The van der Waals surface area contributed by atoms with Gasteiger partial charge in [0.25, 0.3) is 0 Å². The van der Waals surface area contributed by atoms with E-state index in [0.717, 1.165) is 25.7 Å². The van der Waals surface area contributed by atoms with E-state index in [1.54, 1.807) is 0 Å². The Hall–Kier alpha value is -0.0800. The van der Waals surface area contributed by atoms with E-state index < -0.39 is 0 Å². The summed E-state index contributed by atoms with van der Waals surface area (Å²) >= 11 is 0. The Morgan fingerprint density at radius 3 is 2.29 bits per heavy atom. The third kappa shape index (κ3) is 2.71. The first-order valence-electron chi connectivity index (χ1n) is 5.82. The molecule has 0 aromatic heterocycles. The molecule has 0 aliphatic carbocycles. The lowest BCUT2D eigenvalue weighted by Crippen LogP contribution is -2.56. The Balaban J connectivity index is 2.22. The quantitative estimate of drug-likeness (QED) is 0.656. The van der Waals surface area contributed by atoms with Crippen molar-refractivity contribution in [1.82, 2.24) is 0 Å². The van der Waals surface area contributed by atoms with E-state index in [1.807, 2.05) is 0 Å². The van der Waals surface area contributed by atoms with E-state index in [9.17, 15) is 0 Å². The average molecular weight is 200 g/mol. The van der Waals surface area contributed by atoms with Crippen LogP contribution in [0.4, 0.5) is 0 Å². The molecule has 1 unspecified atom stereocenters. The topological polar surface area (TPSA) is 18.5 Å². The minimum Gasteiger partial charge on any atom is -0.375 e. The lowest BCUT2D eigenvalue weighted by molar-refractivity contribution is -0.231. The molecule has 0 aromatic carbocycles. The van der Waals surface area contributed by atoms with Crippen LogP contribution in [0.3, 0.4) is 0 Å². The molecule has 1 aliphatic rings. The van der Waals surface area contributed by atoms with Gasteiger partial charge in [0.15, 0.2) is 0 Å². The normalized spacial score (nSPS) is 22.1. The SMILES string of the molecule is CCC(C)CCOC1(C(C)C)COC1. The molecule has 1 saturated heterocycles. The summed E-state index contributed by atoms with van der Waals surface area (Å²) < 4.78 is 11.2. The Kier molecular flexibility index (Phi) is 4.39. The Bertz CT molecular complexity index is 162. The molecular formula is C12H24O2. The zero-order chi connectivity index (χ0) is 10.6. The van der Waals surface area contributed by atoms with Crippen LogP contribution in [0.5, 0.6) is 0 Å². The highest BCUT2D eigenvalue weighted by Gasteiger charge is 2.42. The van der Waals surface area contributed by atoms with Crippen molar-refractivity contribution in [1.29, 1.82) is 0 Å². The highest BCUT2D eigenvalue weighted by Crippen LogP contribution is 2.30. The fourth-order valence-electron chi connectivity index (χ4n) is 1.55. The summed E-state index contributed by atoms with van der Waals surface area (Å²) in [6.07, 6.45) is 2.42. The summed E-state index contributed by atoms with van der Waals surface area (Å²) in [6.45, 7) is 11.4. The smallest absolute Gasteiger partial charge is 0.117 e. The summed E-state index contributed by atoms with van der Waals surface area (Å²) in [5, 5.41) is 0. The highest BCUT2D eigenvalue weighted by molar-refractivity contribution is 4.90. The Morgan fingerprint density at radius 1 is 1.29 bits per heavy atom. The fraction of sp³-hybridized carbons (Fsp3) is 1.00. The van der Waals surface area contributed by atoms with Gasteiger partial charge in [-0.05, 0) is 18.3 Å². The van der Waals surface area contributed by atoms with Crippen LogP contribution in [0.2, 0.25) is 0 Å². The minimum atomic E-state index is 0.0352. The van der Waals surface area contributed by atoms with E-state index in [4.69, 9.17) is 9.47 Å².